The maximum atomic E-state index is 5.09. The fourth-order valence-electron chi connectivity index (χ4n) is 5.78. The number of hydrogen-bond acceptors (Lipinski definition) is 1. The summed E-state index contributed by atoms with van der Waals surface area (Å²) in [6, 6.07) is 49.8. The van der Waals surface area contributed by atoms with Gasteiger partial charge in [0.1, 0.15) is 5.82 Å². The van der Waals surface area contributed by atoms with Gasteiger partial charge in [0.15, 0.2) is 0 Å². The summed E-state index contributed by atoms with van der Waals surface area (Å²) >= 11 is 0. The van der Waals surface area contributed by atoms with Gasteiger partial charge in [0.25, 0.3) is 0 Å². The lowest BCUT2D eigenvalue weighted by Crippen LogP contribution is -1.99. The minimum absolute atomic E-state index is 0.897. The number of imidazole rings is 1. The van der Waals surface area contributed by atoms with E-state index in [0.29, 0.717) is 0 Å². The number of aromatic nitrogens is 2. The number of allylic oxidation sites excluding steroid dienone is 1. The van der Waals surface area contributed by atoms with Crippen LogP contribution in [0.15, 0.2) is 146 Å². The Bertz CT molecular complexity index is 2000. The number of rotatable bonds is 6. The van der Waals surface area contributed by atoms with Crippen molar-refractivity contribution < 1.29 is 0 Å². The highest BCUT2D eigenvalue weighted by Crippen LogP contribution is 2.33. The molecule has 0 amide bonds. The summed E-state index contributed by atoms with van der Waals surface area (Å²) in [4.78, 5) is 5.09. The fourth-order valence-corrected chi connectivity index (χ4v) is 5.78. The van der Waals surface area contributed by atoms with E-state index in [1.165, 1.54) is 38.6 Å². The molecule has 196 valence electrons. The van der Waals surface area contributed by atoms with Crippen LogP contribution in [0, 0.1) is 0 Å². The molecule has 0 saturated carbocycles. The third kappa shape index (κ3) is 4.74. The standard InChI is InChI=1S/C39H30N2/c1-2-10-29-11-3-4-13-33(29)27-28-19-25-34(26-20-28)41-38-18-8-7-17-37(38)40-39(41)32-23-21-31(22-24-32)36-16-9-14-30-12-5-6-15-35(30)36/h2-26H,27H2,1H3/b10-2-. The van der Waals surface area contributed by atoms with Crippen molar-refractivity contribution in [2.45, 2.75) is 13.3 Å². The first-order chi connectivity index (χ1) is 20.3. The summed E-state index contributed by atoms with van der Waals surface area (Å²) < 4.78 is 2.28. The van der Waals surface area contributed by atoms with Crippen LogP contribution in [0.3, 0.4) is 0 Å². The van der Waals surface area contributed by atoms with Gasteiger partial charge in [0.2, 0.25) is 0 Å². The molecule has 0 aliphatic heterocycles. The Labute approximate surface area is 240 Å². The van der Waals surface area contributed by atoms with Gasteiger partial charge in [0.05, 0.1) is 11.0 Å². The molecule has 1 aromatic heterocycles. The van der Waals surface area contributed by atoms with Gasteiger partial charge >= 0.3 is 0 Å². The van der Waals surface area contributed by atoms with Gasteiger partial charge in [0, 0.05) is 11.3 Å². The third-order valence-electron chi connectivity index (χ3n) is 7.79. The zero-order chi connectivity index (χ0) is 27.6. The normalized spacial score (nSPS) is 11.5. The molecule has 0 aliphatic carbocycles. The van der Waals surface area contributed by atoms with E-state index < -0.39 is 0 Å². The molecular weight excluding hydrogens is 496 g/mol. The summed E-state index contributed by atoms with van der Waals surface area (Å²) in [5.74, 6) is 0.946. The van der Waals surface area contributed by atoms with Gasteiger partial charge in [-0.1, -0.05) is 127 Å². The van der Waals surface area contributed by atoms with Gasteiger partial charge in [-0.05, 0) is 76.2 Å². The molecular formula is C39H30N2. The maximum Gasteiger partial charge on any atom is 0.145 e. The van der Waals surface area contributed by atoms with Crippen molar-refractivity contribution in [3.05, 3.63) is 162 Å². The smallest absolute Gasteiger partial charge is 0.145 e. The van der Waals surface area contributed by atoms with Gasteiger partial charge in [-0.3, -0.25) is 4.57 Å². The molecule has 0 atom stereocenters. The van der Waals surface area contributed by atoms with E-state index in [4.69, 9.17) is 4.98 Å². The second-order valence-corrected chi connectivity index (χ2v) is 10.4. The largest absolute Gasteiger partial charge is 0.292 e. The van der Waals surface area contributed by atoms with Gasteiger partial charge in [-0.15, -0.1) is 0 Å². The Hall–Kier alpha value is -5.21. The molecule has 6 aromatic carbocycles. The van der Waals surface area contributed by atoms with E-state index in [1.807, 2.05) is 0 Å². The minimum atomic E-state index is 0.897. The molecule has 41 heavy (non-hydrogen) atoms. The number of hydrogen-bond donors (Lipinski definition) is 0. The van der Waals surface area contributed by atoms with Crippen LogP contribution in [0.1, 0.15) is 23.6 Å². The SMILES string of the molecule is C/C=C\c1ccccc1Cc1ccc(-n2c(-c3ccc(-c4cccc5ccccc45)cc3)nc3ccccc32)cc1. The van der Waals surface area contributed by atoms with Gasteiger partial charge in [-0.2, -0.15) is 0 Å². The van der Waals surface area contributed by atoms with Crippen molar-refractivity contribution in [1.29, 1.82) is 0 Å². The van der Waals surface area contributed by atoms with Crippen LogP contribution in [0.4, 0.5) is 0 Å². The van der Waals surface area contributed by atoms with Crippen molar-refractivity contribution in [2.24, 2.45) is 0 Å². The Balaban J connectivity index is 1.26. The monoisotopic (exact) mass is 526 g/mol. The molecule has 2 nitrogen and oxygen atoms in total. The molecule has 1 heterocycles. The average molecular weight is 527 g/mol. The quantitative estimate of drug-likeness (QED) is 0.211. The first kappa shape index (κ1) is 24.8. The van der Waals surface area contributed by atoms with Crippen LogP contribution in [0.25, 0.3) is 56.1 Å². The summed E-state index contributed by atoms with van der Waals surface area (Å²) in [6.45, 7) is 2.07. The molecule has 7 aromatic rings. The van der Waals surface area contributed by atoms with E-state index in [1.54, 1.807) is 0 Å². The van der Waals surface area contributed by atoms with E-state index in [0.717, 1.165) is 34.5 Å². The van der Waals surface area contributed by atoms with Crippen molar-refractivity contribution in [3.63, 3.8) is 0 Å². The molecule has 0 N–H and O–H groups in total. The molecule has 0 saturated heterocycles. The van der Waals surface area contributed by atoms with Gasteiger partial charge in [-0.25, -0.2) is 4.98 Å². The van der Waals surface area contributed by atoms with Crippen molar-refractivity contribution in [1.82, 2.24) is 9.55 Å². The zero-order valence-corrected chi connectivity index (χ0v) is 23.0. The fraction of sp³-hybridized carbons (Fsp3) is 0.0513. The van der Waals surface area contributed by atoms with Crippen molar-refractivity contribution in [3.8, 4) is 28.2 Å². The number of para-hydroxylation sites is 2. The highest BCUT2D eigenvalue weighted by molar-refractivity contribution is 5.97. The number of fused-ring (bicyclic) bond motifs is 2. The van der Waals surface area contributed by atoms with E-state index >= 15 is 0 Å². The Kier molecular flexibility index (Phi) is 6.50. The summed E-state index contributed by atoms with van der Waals surface area (Å²) in [7, 11) is 0. The summed E-state index contributed by atoms with van der Waals surface area (Å²) in [5, 5.41) is 2.52. The molecule has 0 aliphatic rings. The lowest BCUT2D eigenvalue weighted by Gasteiger charge is -2.12. The highest BCUT2D eigenvalue weighted by atomic mass is 15.1. The topological polar surface area (TPSA) is 17.8 Å². The summed E-state index contributed by atoms with van der Waals surface area (Å²) in [6.07, 6.45) is 5.18. The van der Waals surface area contributed by atoms with Gasteiger partial charge < -0.3 is 0 Å². The second kappa shape index (κ2) is 10.7. The Morgan fingerprint density at radius 3 is 2.20 bits per heavy atom. The van der Waals surface area contributed by atoms with Crippen LogP contribution >= 0.6 is 0 Å². The molecule has 0 bridgehead atoms. The van der Waals surface area contributed by atoms with Crippen LogP contribution in [-0.2, 0) is 6.42 Å². The Morgan fingerprint density at radius 1 is 0.634 bits per heavy atom. The predicted octanol–water partition coefficient (Wildman–Crippen LogP) is 10.1. The number of benzene rings is 6. The van der Waals surface area contributed by atoms with Crippen LogP contribution < -0.4 is 0 Å². The lowest BCUT2D eigenvalue weighted by molar-refractivity contribution is 1.09. The lowest BCUT2D eigenvalue weighted by atomic mass is 9.97. The van der Waals surface area contributed by atoms with Crippen LogP contribution in [0.5, 0.6) is 0 Å². The average Bonchev–Trinajstić information content (AvgIpc) is 3.42. The van der Waals surface area contributed by atoms with E-state index in [2.05, 4.69) is 163 Å². The molecule has 0 unspecified atom stereocenters. The van der Waals surface area contributed by atoms with Crippen molar-refractivity contribution in [2.75, 3.05) is 0 Å². The van der Waals surface area contributed by atoms with Crippen LogP contribution in [-0.4, -0.2) is 9.55 Å². The Morgan fingerprint density at radius 2 is 1.34 bits per heavy atom. The second-order valence-electron chi connectivity index (χ2n) is 10.4. The molecule has 0 spiro atoms. The predicted molar refractivity (Wildman–Crippen MR) is 173 cm³/mol. The summed E-state index contributed by atoms with van der Waals surface area (Å²) in [5.41, 5.74) is 10.6. The van der Waals surface area contributed by atoms with Crippen molar-refractivity contribution >= 4 is 27.9 Å². The first-order valence-corrected chi connectivity index (χ1v) is 14.1. The van der Waals surface area contributed by atoms with Crippen LogP contribution in [0.2, 0.25) is 0 Å². The zero-order valence-electron chi connectivity index (χ0n) is 23.0. The molecule has 0 fully saturated rings. The minimum Gasteiger partial charge on any atom is -0.292 e. The molecule has 0 radical (unpaired) electrons. The first-order valence-electron chi connectivity index (χ1n) is 14.1. The van der Waals surface area contributed by atoms with E-state index in [9.17, 15) is 0 Å². The molecule has 2 heteroatoms. The van der Waals surface area contributed by atoms with E-state index in [-0.39, 0.29) is 0 Å². The highest BCUT2D eigenvalue weighted by Gasteiger charge is 2.15. The number of nitrogens with zero attached hydrogens (tertiary/aromatic N) is 2. The maximum absolute atomic E-state index is 5.09. The third-order valence-corrected chi connectivity index (χ3v) is 7.79. The molecule has 7 rings (SSSR count).